The third-order valence-corrected chi connectivity index (χ3v) is 7.14. The van der Waals surface area contributed by atoms with Gasteiger partial charge >= 0.3 is 0 Å². The lowest BCUT2D eigenvalue weighted by Crippen LogP contribution is -2.53. The van der Waals surface area contributed by atoms with E-state index in [0.29, 0.717) is 13.0 Å². The Labute approximate surface area is 221 Å². The molecule has 3 aromatic carbocycles. The number of benzene rings is 3. The van der Waals surface area contributed by atoms with Gasteiger partial charge in [0.1, 0.15) is 6.61 Å². The normalized spacial score (nSPS) is 16.9. The van der Waals surface area contributed by atoms with Crippen molar-refractivity contribution < 1.29 is 14.6 Å². The minimum atomic E-state index is -0.438. The number of nitrogens with zero attached hydrogens (tertiary/aromatic N) is 3. The number of amides is 1. The molecule has 1 aliphatic rings. The summed E-state index contributed by atoms with van der Waals surface area (Å²) in [6.07, 6.45) is 1.67. The second-order valence-corrected chi connectivity index (χ2v) is 9.51. The van der Waals surface area contributed by atoms with Gasteiger partial charge in [-0.05, 0) is 30.0 Å². The van der Waals surface area contributed by atoms with Crippen LogP contribution in [0.2, 0.25) is 0 Å². The first kappa shape index (κ1) is 25.4. The summed E-state index contributed by atoms with van der Waals surface area (Å²) in [6.45, 7) is 2.47. The molecule has 7 heteroatoms. The molecule has 38 heavy (non-hydrogen) atoms. The van der Waals surface area contributed by atoms with Crippen molar-refractivity contribution >= 4 is 5.91 Å². The zero-order valence-corrected chi connectivity index (χ0v) is 21.3. The van der Waals surface area contributed by atoms with Crippen LogP contribution in [-0.4, -0.2) is 44.9 Å². The van der Waals surface area contributed by atoms with Gasteiger partial charge in [-0.3, -0.25) is 14.3 Å². The molecule has 2 atom stereocenters. The Kier molecular flexibility index (Phi) is 7.65. The van der Waals surface area contributed by atoms with E-state index in [0.717, 1.165) is 16.7 Å². The minimum absolute atomic E-state index is 0.000347. The molecule has 0 saturated heterocycles. The molecule has 194 valence electrons. The van der Waals surface area contributed by atoms with E-state index in [9.17, 15) is 14.7 Å². The molecule has 0 saturated carbocycles. The molecule has 1 aromatic heterocycles. The van der Waals surface area contributed by atoms with E-state index in [1.165, 1.54) is 6.20 Å². The smallest absolute Gasteiger partial charge is 0.276 e. The largest absolute Gasteiger partial charge is 0.482 e. The third kappa shape index (κ3) is 4.97. The van der Waals surface area contributed by atoms with E-state index in [-0.39, 0.29) is 48.6 Å². The van der Waals surface area contributed by atoms with E-state index in [4.69, 9.17) is 4.74 Å². The number of hydrogen-bond acceptors (Lipinski definition) is 5. The maximum Gasteiger partial charge on any atom is 0.276 e. The second-order valence-electron chi connectivity index (χ2n) is 9.51. The predicted octanol–water partition coefficient (Wildman–Crippen LogP) is 4.42. The summed E-state index contributed by atoms with van der Waals surface area (Å²) in [7, 11) is 0. The Hall–Kier alpha value is -4.23. The molecular formula is C31H31N3O4. The number of rotatable bonds is 9. The maximum atomic E-state index is 13.9. The van der Waals surface area contributed by atoms with E-state index in [1.54, 1.807) is 9.58 Å². The number of carbonyl (C=O) groups is 1. The summed E-state index contributed by atoms with van der Waals surface area (Å²) in [5.41, 5.74) is 2.74. The molecule has 1 N–H and O–H groups in total. The summed E-state index contributed by atoms with van der Waals surface area (Å²) in [5.74, 6) is -0.484. The molecule has 5 rings (SSSR count). The molecule has 0 radical (unpaired) electrons. The monoisotopic (exact) mass is 509 g/mol. The average molecular weight is 510 g/mol. The lowest BCUT2D eigenvalue weighted by Gasteiger charge is -2.44. The highest BCUT2D eigenvalue weighted by Crippen LogP contribution is 2.42. The van der Waals surface area contributed by atoms with Crippen LogP contribution in [0.25, 0.3) is 0 Å². The van der Waals surface area contributed by atoms with Gasteiger partial charge in [-0.1, -0.05) is 91.0 Å². The van der Waals surface area contributed by atoms with Crippen molar-refractivity contribution in [1.82, 2.24) is 14.7 Å². The average Bonchev–Trinajstić information content (AvgIpc) is 2.96. The quantitative estimate of drug-likeness (QED) is 0.361. The van der Waals surface area contributed by atoms with Gasteiger partial charge in [-0.2, -0.15) is 5.10 Å². The number of fused-ring (bicyclic) bond motifs is 1. The van der Waals surface area contributed by atoms with Gasteiger partial charge in [-0.25, -0.2) is 0 Å². The van der Waals surface area contributed by atoms with Crippen molar-refractivity contribution in [3.63, 3.8) is 0 Å². The van der Waals surface area contributed by atoms with Crippen molar-refractivity contribution in [1.29, 1.82) is 0 Å². The lowest BCUT2D eigenvalue weighted by molar-refractivity contribution is 0.0475. The fourth-order valence-electron chi connectivity index (χ4n) is 5.33. The molecule has 0 bridgehead atoms. The van der Waals surface area contributed by atoms with Crippen LogP contribution in [0, 0.1) is 0 Å². The van der Waals surface area contributed by atoms with Crippen LogP contribution in [0.5, 0.6) is 5.75 Å². The van der Waals surface area contributed by atoms with Crippen molar-refractivity contribution in [3.8, 4) is 5.75 Å². The number of carbonyl (C=O) groups excluding carboxylic acids is 1. The van der Waals surface area contributed by atoms with Crippen molar-refractivity contribution in [3.05, 3.63) is 130 Å². The summed E-state index contributed by atoms with van der Waals surface area (Å²) < 4.78 is 7.74. The number of aliphatic hydroxyl groups excluding tert-OH is 1. The number of aliphatic hydroxyl groups is 1. The molecule has 2 unspecified atom stereocenters. The Balaban J connectivity index is 1.68. The van der Waals surface area contributed by atoms with Crippen molar-refractivity contribution in [2.45, 2.75) is 38.0 Å². The summed E-state index contributed by atoms with van der Waals surface area (Å²) in [6, 6.07) is 29.2. The van der Waals surface area contributed by atoms with Gasteiger partial charge in [0.2, 0.25) is 5.43 Å². The minimum Gasteiger partial charge on any atom is -0.482 e. The Morgan fingerprint density at radius 1 is 0.895 bits per heavy atom. The van der Waals surface area contributed by atoms with Gasteiger partial charge in [-0.15, -0.1) is 0 Å². The van der Waals surface area contributed by atoms with Gasteiger partial charge in [0.25, 0.3) is 5.91 Å². The highest BCUT2D eigenvalue weighted by atomic mass is 16.5. The summed E-state index contributed by atoms with van der Waals surface area (Å²) >= 11 is 0. The van der Waals surface area contributed by atoms with Crippen molar-refractivity contribution in [2.24, 2.45) is 0 Å². The van der Waals surface area contributed by atoms with Crippen molar-refractivity contribution in [2.75, 3.05) is 13.2 Å². The van der Waals surface area contributed by atoms with E-state index in [1.807, 2.05) is 73.7 Å². The molecule has 0 aliphatic carbocycles. The number of ether oxygens (including phenoxy) is 1. The Morgan fingerprint density at radius 2 is 1.47 bits per heavy atom. The van der Waals surface area contributed by atoms with Crippen LogP contribution >= 0.6 is 0 Å². The maximum absolute atomic E-state index is 13.9. The second kappa shape index (κ2) is 11.4. The molecule has 7 nitrogen and oxygen atoms in total. The SMILES string of the molecule is CC1C(C(c2ccccc2)c2ccccc2)n2ncc(=O)c(OCc3ccccc3)c2C(=O)N1CCCO. The topological polar surface area (TPSA) is 84.7 Å². The first-order chi connectivity index (χ1) is 18.6. The van der Waals surface area contributed by atoms with Crippen LogP contribution in [0.1, 0.15) is 52.5 Å². The standard InChI is InChI=1S/C31H31N3O4/c1-22-28(27(24-14-7-3-8-15-24)25-16-9-4-10-17-25)34-29(31(37)33(22)18-11-19-35)30(26(36)20-32-34)38-21-23-12-5-2-6-13-23/h2-10,12-17,20,22,27-28,35H,11,18-19,21H2,1H3. The molecule has 1 aliphatic heterocycles. The van der Waals surface area contributed by atoms with Gasteiger partial charge in [0.15, 0.2) is 11.4 Å². The fourth-order valence-corrected chi connectivity index (χ4v) is 5.33. The first-order valence-electron chi connectivity index (χ1n) is 12.9. The van der Waals surface area contributed by atoms with E-state index in [2.05, 4.69) is 29.4 Å². The molecule has 0 spiro atoms. The van der Waals surface area contributed by atoms with Crippen LogP contribution < -0.4 is 10.2 Å². The highest BCUT2D eigenvalue weighted by Gasteiger charge is 2.44. The van der Waals surface area contributed by atoms with Crippen LogP contribution in [0.4, 0.5) is 0 Å². The lowest BCUT2D eigenvalue weighted by atomic mass is 9.80. The Bertz CT molecular complexity index is 1380. The van der Waals surface area contributed by atoms with Crippen LogP contribution in [-0.2, 0) is 6.61 Å². The summed E-state index contributed by atoms with van der Waals surface area (Å²) in [5, 5.41) is 14.1. The molecule has 4 aromatic rings. The molecule has 1 amide bonds. The molecule has 0 fully saturated rings. The van der Waals surface area contributed by atoms with E-state index < -0.39 is 5.43 Å². The van der Waals surface area contributed by atoms with Gasteiger partial charge < -0.3 is 14.7 Å². The zero-order chi connectivity index (χ0) is 26.5. The zero-order valence-electron chi connectivity index (χ0n) is 21.3. The highest BCUT2D eigenvalue weighted by molar-refractivity contribution is 5.96. The van der Waals surface area contributed by atoms with Gasteiger partial charge in [0.05, 0.1) is 18.3 Å². The Morgan fingerprint density at radius 3 is 2.05 bits per heavy atom. The molecule has 2 heterocycles. The van der Waals surface area contributed by atoms with E-state index >= 15 is 0 Å². The summed E-state index contributed by atoms with van der Waals surface area (Å²) in [4.78, 5) is 28.7. The van der Waals surface area contributed by atoms with Gasteiger partial charge in [0, 0.05) is 19.1 Å². The number of hydrogen-bond donors (Lipinski definition) is 1. The van der Waals surface area contributed by atoms with Crippen LogP contribution in [0.3, 0.4) is 0 Å². The predicted molar refractivity (Wildman–Crippen MR) is 145 cm³/mol. The van der Waals surface area contributed by atoms with Crippen LogP contribution in [0.15, 0.2) is 102 Å². The third-order valence-electron chi connectivity index (χ3n) is 7.14. The number of aromatic nitrogens is 2. The fraction of sp³-hybridized carbons (Fsp3) is 0.258. The first-order valence-corrected chi connectivity index (χ1v) is 12.9. The molecular weight excluding hydrogens is 478 g/mol.